The third-order valence-electron chi connectivity index (χ3n) is 3.83. The minimum absolute atomic E-state index is 0. The molecule has 0 atom stereocenters. The molecule has 1 aliphatic rings. The van der Waals surface area contributed by atoms with Gasteiger partial charge in [-0.15, -0.1) is 24.8 Å². The van der Waals surface area contributed by atoms with Crippen molar-refractivity contribution in [3.63, 3.8) is 0 Å². The molecule has 0 radical (unpaired) electrons. The highest BCUT2D eigenvalue weighted by molar-refractivity contribution is 5.94. The van der Waals surface area contributed by atoms with E-state index in [0.717, 1.165) is 24.3 Å². The average Bonchev–Trinajstić information content (AvgIpc) is 3.00. The summed E-state index contributed by atoms with van der Waals surface area (Å²) in [6.07, 6.45) is 1.76. The number of hydrogen-bond donors (Lipinski definition) is 1. The van der Waals surface area contributed by atoms with Crippen molar-refractivity contribution in [1.82, 2.24) is 15.2 Å². The van der Waals surface area contributed by atoms with Gasteiger partial charge in [-0.2, -0.15) is 0 Å². The molecule has 2 aromatic rings. The predicted octanol–water partition coefficient (Wildman–Crippen LogP) is 3.19. The third kappa shape index (κ3) is 4.44. The van der Waals surface area contributed by atoms with Crippen molar-refractivity contribution in [2.45, 2.75) is 26.6 Å². The number of carbonyl (C=O) groups excluding carboxylic acids is 1. The zero-order valence-corrected chi connectivity index (χ0v) is 14.6. The van der Waals surface area contributed by atoms with E-state index in [1.54, 1.807) is 6.20 Å². The normalized spacial score (nSPS) is 11.9. The van der Waals surface area contributed by atoms with Gasteiger partial charge in [-0.05, 0) is 42.3 Å². The minimum Gasteiger partial charge on any atom is -0.333 e. The molecule has 0 unspecified atom stereocenters. The van der Waals surface area contributed by atoms with Crippen LogP contribution in [0.3, 0.4) is 0 Å². The molecule has 1 aromatic heterocycles. The third-order valence-corrected chi connectivity index (χ3v) is 3.83. The molecule has 0 spiro atoms. The van der Waals surface area contributed by atoms with E-state index in [1.165, 1.54) is 11.1 Å². The summed E-state index contributed by atoms with van der Waals surface area (Å²) >= 11 is 0. The Morgan fingerprint density at radius 2 is 1.96 bits per heavy atom. The van der Waals surface area contributed by atoms with Crippen molar-refractivity contribution >= 4 is 30.7 Å². The van der Waals surface area contributed by atoms with Crippen molar-refractivity contribution in [3.05, 3.63) is 65.0 Å². The summed E-state index contributed by atoms with van der Waals surface area (Å²) < 4.78 is 0. The molecule has 23 heavy (non-hydrogen) atoms. The summed E-state index contributed by atoms with van der Waals surface area (Å²) in [6, 6.07) is 11.8. The maximum atomic E-state index is 12.7. The van der Waals surface area contributed by atoms with Crippen LogP contribution < -0.4 is 5.32 Å². The van der Waals surface area contributed by atoms with Crippen LogP contribution in [0.5, 0.6) is 0 Å². The summed E-state index contributed by atoms with van der Waals surface area (Å²) in [5.74, 6) is 0.0675. The van der Waals surface area contributed by atoms with E-state index < -0.39 is 0 Å². The predicted molar refractivity (Wildman–Crippen MR) is 96.1 cm³/mol. The zero-order valence-electron chi connectivity index (χ0n) is 13.0. The number of benzene rings is 1. The number of carbonyl (C=O) groups is 1. The highest BCUT2D eigenvalue weighted by Gasteiger charge is 2.18. The van der Waals surface area contributed by atoms with Crippen molar-refractivity contribution in [1.29, 1.82) is 0 Å². The van der Waals surface area contributed by atoms with Crippen LogP contribution in [-0.2, 0) is 19.6 Å². The smallest absolute Gasteiger partial charge is 0.254 e. The fourth-order valence-corrected chi connectivity index (χ4v) is 2.62. The number of rotatable bonds is 4. The fraction of sp³-hybridized carbons (Fsp3) is 0.294. The molecule has 6 heteroatoms. The quantitative estimate of drug-likeness (QED) is 0.917. The Bertz CT molecular complexity index is 650. The molecular weight excluding hydrogens is 333 g/mol. The minimum atomic E-state index is 0. The molecule has 1 aliphatic heterocycles. The van der Waals surface area contributed by atoms with Crippen molar-refractivity contribution in [2.24, 2.45) is 0 Å². The topological polar surface area (TPSA) is 45.2 Å². The maximum Gasteiger partial charge on any atom is 0.254 e. The first kappa shape index (κ1) is 19.4. The highest BCUT2D eigenvalue weighted by Crippen LogP contribution is 2.18. The van der Waals surface area contributed by atoms with Crippen LogP contribution >= 0.6 is 24.8 Å². The molecule has 0 bridgehead atoms. The first-order valence-electron chi connectivity index (χ1n) is 7.29. The van der Waals surface area contributed by atoms with Gasteiger partial charge in [0.1, 0.15) is 0 Å². The lowest BCUT2D eigenvalue weighted by Crippen LogP contribution is -2.30. The summed E-state index contributed by atoms with van der Waals surface area (Å²) in [4.78, 5) is 18.8. The number of hydrogen-bond acceptors (Lipinski definition) is 3. The second kappa shape index (κ2) is 8.87. The Kier molecular flexibility index (Phi) is 7.49. The zero-order chi connectivity index (χ0) is 14.7. The van der Waals surface area contributed by atoms with Gasteiger partial charge in [0.25, 0.3) is 5.91 Å². The monoisotopic (exact) mass is 353 g/mol. The van der Waals surface area contributed by atoms with E-state index in [9.17, 15) is 4.79 Å². The van der Waals surface area contributed by atoms with E-state index in [-0.39, 0.29) is 30.7 Å². The molecule has 1 N–H and O–H groups in total. The number of pyridine rings is 1. The fourth-order valence-electron chi connectivity index (χ4n) is 2.62. The second-order valence-corrected chi connectivity index (χ2v) is 5.23. The summed E-state index contributed by atoms with van der Waals surface area (Å²) in [5, 5.41) is 3.30. The second-order valence-electron chi connectivity index (χ2n) is 5.23. The molecule has 0 saturated heterocycles. The Balaban J connectivity index is 0.00000132. The average molecular weight is 354 g/mol. The molecule has 0 fully saturated rings. The Hall–Kier alpha value is -1.62. The summed E-state index contributed by atoms with van der Waals surface area (Å²) in [6.45, 7) is 4.96. The molecule has 1 aromatic carbocycles. The van der Waals surface area contributed by atoms with Gasteiger partial charge >= 0.3 is 0 Å². The van der Waals surface area contributed by atoms with Gasteiger partial charge in [-0.3, -0.25) is 9.78 Å². The molecule has 124 valence electrons. The van der Waals surface area contributed by atoms with Crippen LogP contribution in [0.15, 0.2) is 42.6 Å². The number of amides is 1. The SMILES string of the molecule is CCN(Cc1ccccn1)C(=O)c1ccc2c(c1)CNC2.Cl.Cl. The van der Waals surface area contributed by atoms with E-state index in [4.69, 9.17) is 0 Å². The lowest BCUT2D eigenvalue weighted by atomic mass is 10.1. The van der Waals surface area contributed by atoms with Gasteiger partial charge in [0, 0.05) is 31.4 Å². The standard InChI is InChI=1S/C17H19N3O.2ClH/c1-2-20(12-16-5-3-4-8-19-16)17(21)13-6-7-14-10-18-11-15(14)9-13;;/h3-9,18H,2,10-12H2,1H3;2*1H. The number of halogens is 2. The van der Waals surface area contributed by atoms with Gasteiger partial charge in [-0.25, -0.2) is 0 Å². The number of nitrogens with one attached hydrogen (secondary N) is 1. The van der Waals surface area contributed by atoms with Crippen molar-refractivity contribution in [3.8, 4) is 0 Å². The lowest BCUT2D eigenvalue weighted by Gasteiger charge is -2.21. The van der Waals surface area contributed by atoms with E-state index in [2.05, 4.69) is 16.4 Å². The largest absolute Gasteiger partial charge is 0.333 e. The Labute approximate surface area is 149 Å². The number of fused-ring (bicyclic) bond motifs is 1. The van der Waals surface area contributed by atoms with Crippen LogP contribution in [0, 0.1) is 0 Å². The first-order valence-corrected chi connectivity index (χ1v) is 7.29. The molecular formula is C17H21Cl2N3O. The lowest BCUT2D eigenvalue weighted by molar-refractivity contribution is 0.0750. The van der Waals surface area contributed by atoms with Crippen LogP contribution in [0.2, 0.25) is 0 Å². The molecule has 1 amide bonds. The van der Waals surface area contributed by atoms with E-state index in [1.807, 2.05) is 42.2 Å². The maximum absolute atomic E-state index is 12.7. The molecule has 2 heterocycles. The highest BCUT2D eigenvalue weighted by atomic mass is 35.5. The van der Waals surface area contributed by atoms with Gasteiger partial charge < -0.3 is 10.2 Å². The molecule has 0 aliphatic carbocycles. The van der Waals surface area contributed by atoms with E-state index >= 15 is 0 Å². The van der Waals surface area contributed by atoms with Crippen molar-refractivity contribution in [2.75, 3.05) is 6.54 Å². The van der Waals surface area contributed by atoms with Gasteiger partial charge in [0.2, 0.25) is 0 Å². The Morgan fingerprint density at radius 3 is 2.65 bits per heavy atom. The summed E-state index contributed by atoms with van der Waals surface area (Å²) in [5.41, 5.74) is 4.19. The first-order chi connectivity index (χ1) is 10.3. The van der Waals surface area contributed by atoms with Gasteiger partial charge in [0.05, 0.1) is 12.2 Å². The van der Waals surface area contributed by atoms with Crippen LogP contribution in [0.1, 0.15) is 34.1 Å². The number of nitrogens with zero attached hydrogens (tertiary/aromatic N) is 2. The van der Waals surface area contributed by atoms with Gasteiger partial charge in [0.15, 0.2) is 0 Å². The number of aromatic nitrogens is 1. The molecule has 4 nitrogen and oxygen atoms in total. The van der Waals surface area contributed by atoms with Crippen LogP contribution in [0.4, 0.5) is 0 Å². The van der Waals surface area contributed by atoms with Gasteiger partial charge in [-0.1, -0.05) is 12.1 Å². The van der Waals surface area contributed by atoms with Crippen LogP contribution in [-0.4, -0.2) is 22.3 Å². The van der Waals surface area contributed by atoms with Crippen molar-refractivity contribution < 1.29 is 4.79 Å². The Morgan fingerprint density at radius 1 is 1.17 bits per heavy atom. The molecule has 3 rings (SSSR count). The summed E-state index contributed by atoms with van der Waals surface area (Å²) in [7, 11) is 0. The van der Waals surface area contributed by atoms with E-state index in [0.29, 0.717) is 13.1 Å². The van der Waals surface area contributed by atoms with Crippen LogP contribution in [0.25, 0.3) is 0 Å². The molecule has 0 saturated carbocycles.